The van der Waals surface area contributed by atoms with E-state index in [2.05, 4.69) is 32.8 Å². The molecule has 2 N–H and O–H groups in total. The standard InChI is InChI=1S/C10H19N3/c1-5-13-7-8(6-12-13)9(11)10(2,3)4/h6-7,9H,5,11H2,1-4H3. The lowest BCUT2D eigenvalue weighted by molar-refractivity contribution is 0.327. The molecule has 0 bridgehead atoms. The molecule has 1 atom stereocenters. The molecule has 0 amide bonds. The third-order valence-electron chi connectivity index (χ3n) is 2.27. The average molecular weight is 181 g/mol. The Bertz CT molecular complexity index is 270. The van der Waals surface area contributed by atoms with E-state index in [-0.39, 0.29) is 11.5 Å². The summed E-state index contributed by atoms with van der Waals surface area (Å²) in [6, 6.07) is 0.0628. The Hall–Kier alpha value is -0.830. The number of hydrogen-bond donors (Lipinski definition) is 1. The largest absolute Gasteiger partial charge is 0.323 e. The highest BCUT2D eigenvalue weighted by Gasteiger charge is 2.23. The van der Waals surface area contributed by atoms with Crippen molar-refractivity contribution in [1.29, 1.82) is 0 Å². The lowest BCUT2D eigenvalue weighted by atomic mass is 9.84. The van der Waals surface area contributed by atoms with E-state index < -0.39 is 0 Å². The smallest absolute Gasteiger partial charge is 0.0537 e. The molecule has 0 saturated carbocycles. The lowest BCUT2D eigenvalue weighted by Crippen LogP contribution is -2.25. The molecule has 0 radical (unpaired) electrons. The summed E-state index contributed by atoms with van der Waals surface area (Å²) in [7, 11) is 0. The Morgan fingerprint density at radius 3 is 2.54 bits per heavy atom. The van der Waals surface area contributed by atoms with Crippen LogP contribution in [0.25, 0.3) is 0 Å². The summed E-state index contributed by atoms with van der Waals surface area (Å²) in [6.45, 7) is 9.39. The average Bonchev–Trinajstić information content (AvgIpc) is 2.48. The van der Waals surface area contributed by atoms with Gasteiger partial charge in [0.15, 0.2) is 0 Å². The predicted molar refractivity (Wildman–Crippen MR) is 54.3 cm³/mol. The molecule has 0 aliphatic heterocycles. The normalized spacial score (nSPS) is 14.5. The number of aryl methyl sites for hydroxylation is 1. The van der Waals surface area contributed by atoms with Gasteiger partial charge in [-0.15, -0.1) is 0 Å². The van der Waals surface area contributed by atoms with Crippen LogP contribution in [0.15, 0.2) is 12.4 Å². The Balaban J connectivity index is 2.83. The van der Waals surface area contributed by atoms with Crippen LogP contribution in [0.5, 0.6) is 0 Å². The fourth-order valence-corrected chi connectivity index (χ4v) is 1.21. The van der Waals surface area contributed by atoms with E-state index in [0.29, 0.717) is 0 Å². The molecule has 0 fully saturated rings. The predicted octanol–water partition coefficient (Wildman–Crippen LogP) is 1.95. The minimum absolute atomic E-state index is 0.0628. The van der Waals surface area contributed by atoms with Crippen LogP contribution in [0.2, 0.25) is 0 Å². The van der Waals surface area contributed by atoms with E-state index in [1.807, 2.05) is 17.1 Å². The minimum atomic E-state index is 0.0628. The van der Waals surface area contributed by atoms with Gasteiger partial charge in [-0.25, -0.2) is 0 Å². The number of nitrogens with two attached hydrogens (primary N) is 1. The molecular formula is C10H19N3. The Kier molecular flexibility index (Phi) is 2.76. The Morgan fingerprint density at radius 2 is 2.15 bits per heavy atom. The molecule has 74 valence electrons. The van der Waals surface area contributed by atoms with Gasteiger partial charge in [0.2, 0.25) is 0 Å². The maximum atomic E-state index is 6.09. The van der Waals surface area contributed by atoms with Crippen LogP contribution in [0.3, 0.4) is 0 Å². The first kappa shape index (κ1) is 10.3. The maximum absolute atomic E-state index is 6.09. The fourth-order valence-electron chi connectivity index (χ4n) is 1.21. The quantitative estimate of drug-likeness (QED) is 0.757. The van der Waals surface area contributed by atoms with Crippen LogP contribution in [-0.2, 0) is 6.54 Å². The molecule has 0 spiro atoms. The maximum Gasteiger partial charge on any atom is 0.0537 e. The summed E-state index contributed by atoms with van der Waals surface area (Å²) in [5.74, 6) is 0. The first-order chi connectivity index (χ1) is 5.95. The van der Waals surface area contributed by atoms with Crippen molar-refractivity contribution in [2.45, 2.75) is 40.3 Å². The van der Waals surface area contributed by atoms with E-state index in [4.69, 9.17) is 5.73 Å². The second kappa shape index (κ2) is 3.50. The van der Waals surface area contributed by atoms with Crippen molar-refractivity contribution in [3.8, 4) is 0 Å². The van der Waals surface area contributed by atoms with Gasteiger partial charge in [0.1, 0.15) is 0 Å². The second-order valence-corrected chi connectivity index (χ2v) is 4.47. The van der Waals surface area contributed by atoms with Gasteiger partial charge >= 0.3 is 0 Å². The van der Waals surface area contributed by atoms with Crippen LogP contribution >= 0.6 is 0 Å². The molecule has 1 aromatic heterocycles. The van der Waals surface area contributed by atoms with Gasteiger partial charge < -0.3 is 5.73 Å². The highest BCUT2D eigenvalue weighted by atomic mass is 15.3. The Labute approximate surface area is 79.9 Å². The summed E-state index contributed by atoms with van der Waals surface area (Å²) in [5.41, 5.74) is 7.31. The first-order valence-electron chi connectivity index (χ1n) is 4.73. The highest BCUT2D eigenvalue weighted by Crippen LogP contribution is 2.29. The minimum Gasteiger partial charge on any atom is -0.323 e. The summed E-state index contributed by atoms with van der Waals surface area (Å²) >= 11 is 0. The zero-order chi connectivity index (χ0) is 10.1. The zero-order valence-electron chi connectivity index (χ0n) is 8.91. The van der Waals surface area contributed by atoms with Crippen molar-refractivity contribution in [3.05, 3.63) is 18.0 Å². The molecule has 13 heavy (non-hydrogen) atoms. The number of hydrogen-bond acceptors (Lipinski definition) is 2. The number of nitrogens with zero attached hydrogens (tertiary/aromatic N) is 2. The van der Waals surface area contributed by atoms with Gasteiger partial charge in [-0.1, -0.05) is 20.8 Å². The van der Waals surface area contributed by atoms with Gasteiger partial charge in [-0.05, 0) is 12.3 Å². The van der Waals surface area contributed by atoms with E-state index >= 15 is 0 Å². The molecule has 1 rings (SSSR count). The van der Waals surface area contributed by atoms with E-state index in [9.17, 15) is 0 Å². The van der Waals surface area contributed by atoms with Crippen molar-refractivity contribution >= 4 is 0 Å². The van der Waals surface area contributed by atoms with Crippen molar-refractivity contribution in [2.75, 3.05) is 0 Å². The van der Waals surface area contributed by atoms with Crippen LogP contribution in [0, 0.1) is 5.41 Å². The van der Waals surface area contributed by atoms with Gasteiger partial charge in [0.25, 0.3) is 0 Å². The van der Waals surface area contributed by atoms with Crippen molar-refractivity contribution in [1.82, 2.24) is 9.78 Å². The molecule has 1 aromatic rings. The summed E-state index contributed by atoms with van der Waals surface area (Å²) in [4.78, 5) is 0. The topological polar surface area (TPSA) is 43.8 Å². The summed E-state index contributed by atoms with van der Waals surface area (Å²) < 4.78 is 1.90. The van der Waals surface area contributed by atoms with Gasteiger partial charge in [-0.3, -0.25) is 4.68 Å². The molecule has 0 saturated heterocycles. The molecule has 0 aliphatic carbocycles. The summed E-state index contributed by atoms with van der Waals surface area (Å²) in [6.07, 6.45) is 3.88. The number of aromatic nitrogens is 2. The fraction of sp³-hybridized carbons (Fsp3) is 0.700. The van der Waals surface area contributed by atoms with Crippen molar-refractivity contribution in [2.24, 2.45) is 11.1 Å². The molecule has 1 unspecified atom stereocenters. The molecule has 1 heterocycles. The van der Waals surface area contributed by atoms with E-state index in [0.717, 1.165) is 12.1 Å². The van der Waals surface area contributed by atoms with Crippen LogP contribution < -0.4 is 5.73 Å². The van der Waals surface area contributed by atoms with Crippen molar-refractivity contribution in [3.63, 3.8) is 0 Å². The van der Waals surface area contributed by atoms with Crippen LogP contribution in [-0.4, -0.2) is 9.78 Å². The van der Waals surface area contributed by atoms with Crippen molar-refractivity contribution < 1.29 is 0 Å². The third-order valence-corrected chi connectivity index (χ3v) is 2.27. The zero-order valence-corrected chi connectivity index (χ0v) is 8.91. The highest BCUT2D eigenvalue weighted by molar-refractivity contribution is 5.12. The lowest BCUT2D eigenvalue weighted by Gasteiger charge is -2.25. The molecular weight excluding hydrogens is 162 g/mol. The van der Waals surface area contributed by atoms with Crippen LogP contribution in [0.4, 0.5) is 0 Å². The Morgan fingerprint density at radius 1 is 1.54 bits per heavy atom. The monoisotopic (exact) mass is 181 g/mol. The van der Waals surface area contributed by atoms with Crippen LogP contribution in [0.1, 0.15) is 39.3 Å². The molecule has 3 nitrogen and oxygen atoms in total. The molecule has 0 aromatic carbocycles. The van der Waals surface area contributed by atoms with E-state index in [1.165, 1.54) is 0 Å². The SMILES string of the molecule is CCn1cc(C(N)C(C)(C)C)cn1. The summed E-state index contributed by atoms with van der Waals surface area (Å²) in [5, 5.41) is 4.21. The van der Waals surface area contributed by atoms with Gasteiger partial charge in [0, 0.05) is 24.3 Å². The number of rotatable bonds is 2. The van der Waals surface area contributed by atoms with Gasteiger partial charge in [0.05, 0.1) is 6.20 Å². The van der Waals surface area contributed by atoms with E-state index in [1.54, 1.807) is 0 Å². The molecule has 3 heteroatoms. The van der Waals surface area contributed by atoms with Gasteiger partial charge in [-0.2, -0.15) is 5.10 Å². The first-order valence-corrected chi connectivity index (χ1v) is 4.73. The molecule has 0 aliphatic rings. The third kappa shape index (κ3) is 2.31. The second-order valence-electron chi connectivity index (χ2n) is 4.47.